The molecule has 0 aromatic heterocycles. The van der Waals surface area contributed by atoms with Crippen LogP contribution in [0.25, 0.3) is 0 Å². The predicted molar refractivity (Wildman–Crippen MR) is 117 cm³/mol. The van der Waals surface area contributed by atoms with Gasteiger partial charge in [-0.25, -0.2) is 0 Å². The van der Waals surface area contributed by atoms with Crippen LogP contribution in [0.4, 0.5) is 0 Å². The average molecular weight is 402 g/mol. The lowest BCUT2D eigenvalue weighted by molar-refractivity contribution is -0.143. The van der Waals surface area contributed by atoms with Crippen molar-refractivity contribution in [1.29, 1.82) is 0 Å². The fourth-order valence-corrected chi connectivity index (χ4v) is 3.99. The second kappa shape index (κ2) is 17.8. The van der Waals surface area contributed by atoms with Gasteiger partial charge in [-0.15, -0.1) is 11.6 Å². The van der Waals surface area contributed by atoms with Crippen LogP contribution in [0, 0.1) is 0 Å². The van der Waals surface area contributed by atoms with E-state index in [0.717, 1.165) is 44.3 Å². The number of unbranched alkanes of at least 4 members (excludes halogenated alkanes) is 10. The van der Waals surface area contributed by atoms with Crippen molar-refractivity contribution in [3.05, 3.63) is 0 Å². The van der Waals surface area contributed by atoms with Crippen LogP contribution in [0.15, 0.2) is 0 Å². The first-order chi connectivity index (χ1) is 13.3. The SMILES string of the molecule is CCCCCCCCCCCOC(=O)CCCCCN(CCCl)C1CCC1. The first kappa shape index (κ1) is 24.8. The zero-order valence-electron chi connectivity index (χ0n) is 17.9. The summed E-state index contributed by atoms with van der Waals surface area (Å²) in [5.74, 6) is 0.716. The third-order valence-electron chi connectivity index (χ3n) is 5.80. The second-order valence-electron chi connectivity index (χ2n) is 8.17. The molecule has 0 saturated heterocycles. The number of ether oxygens (including phenoxy) is 1. The van der Waals surface area contributed by atoms with E-state index < -0.39 is 0 Å². The van der Waals surface area contributed by atoms with Crippen molar-refractivity contribution in [3.8, 4) is 0 Å². The smallest absolute Gasteiger partial charge is 0.305 e. The molecule has 0 bridgehead atoms. The Hall–Kier alpha value is -0.280. The highest BCUT2D eigenvalue weighted by Crippen LogP contribution is 2.25. The molecule has 0 heterocycles. The van der Waals surface area contributed by atoms with Gasteiger partial charge in [0.25, 0.3) is 0 Å². The van der Waals surface area contributed by atoms with E-state index in [1.165, 1.54) is 77.0 Å². The summed E-state index contributed by atoms with van der Waals surface area (Å²) in [6.45, 7) is 5.01. The number of rotatable bonds is 19. The molecule has 1 aliphatic rings. The molecular weight excluding hydrogens is 358 g/mol. The molecule has 0 aromatic rings. The quantitative estimate of drug-likeness (QED) is 0.137. The van der Waals surface area contributed by atoms with Gasteiger partial charge in [0, 0.05) is 24.9 Å². The van der Waals surface area contributed by atoms with Crippen molar-refractivity contribution in [3.63, 3.8) is 0 Å². The van der Waals surface area contributed by atoms with Gasteiger partial charge in [0.1, 0.15) is 0 Å². The lowest BCUT2D eigenvalue weighted by Crippen LogP contribution is -2.41. The molecule has 1 aliphatic carbocycles. The molecule has 3 nitrogen and oxygen atoms in total. The Kier molecular flexibility index (Phi) is 16.3. The summed E-state index contributed by atoms with van der Waals surface area (Å²) in [6, 6.07) is 0.769. The van der Waals surface area contributed by atoms with Gasteiger partial charge in [-0.05, 0) is 38.6 Å². The van der Waals surface area contributed by atoms with E-state index in [2.05, 4.69) is 11.8 Å². The second-order valence-corrected chi connectivity index (χ2v) is 8.55. The number of carbonyl (C=O) groups excluding carboxylic acids is 1. The number of hydrogen-bond acceptors (Lipinski definition) is 3. The third kappa shape index (κ3) is 13.5. The minimum Gasteiger partial charge on any atom is -0.466 e. The maximum Gasteiger partial charge on any atom is 0.305 e. The highest BCUT2D eigenvalue weighted by Gasteiger charge is 2.23. The number of nitrogens with zero attached hydrogens (tertiary/aromatic N) is 1. The number of carbonyl (C=O) groups is 1. The molecule has 1 rings (SSSR count). The van der Waals surface area contributed by atoms with Crippen LogP contribution in [0.1, 0.15) is 110 Å². The first-order valence-corrected chi connectivity index (χ1v) is 12.3. The van der Waals surface area contributed by atoms with Crippen molar-refractivity contribution < 1.29 is 9.53 Å². The van der Waals surface area contributed by atoms with E-state index in [9.17, 15) is 4.79 Å². The summed E-state index contributed by atoms with van der Waals surface area (Å²) in [7, 11) is 0. The van der Waals surface area contributed by atoms with Gasteiger partial charge in [0.05, 0.1) is 6.61 Å². The highest BCUT2D eigenvalue weighted by atomic mass is 35.5. The number of alkyl halides is 1. The lowest BCUT2D eigenvalue weighted by atomic mass is 9.91. The Morgan fingerprint density at radius 1 is 0.889 bits per heavy atom. The highest BCUT2D eigenvalue weighted by molar-refractivity contribution is 6.18. The van der Waals surface area contributed by atoms with Gasteiger partial charge < -0.3 is 4.74 Å². The Labute approximate surface area is 173 Å². The van der Waals surface area contributed by atoms with Crippen LogP contribution in [-0.4, -0.2) is 42.5 Å². The minimum atomic E-state index is -0.00817. The van der Waals surface area contributed by atoms with Crippen LogP contribution < -0.4 is 0 Å². The third-order valence-corrected chi connectivity index (χ3v) is 5.97. The Morgan fingerprint density at radius 3 is 2.11 bits per heavy atom. The molecule has 0 radical (unpaired) electrons. The zero-order chi connectivity index (χ0) is 19.6. The van der Waals surface area contributed by atoms with Crippen LogP contribution in [0.3, 0.4) is 0 Å². The molecule has 0 N–H and O–H groups in total. The summed E-state index contributed by atoms with van der Waals surface area (Å²) >= 11 is 5.91. The van der Waals surface area contributed by atoms with E-state index in [1.807, 2.05) is 0 Å². The van der Waals surface area contributed by atoms with Gasteiger partial charge in [-0.1, -0.05) is 71.1 Å². The van der Waals surface area contributed by atoms with Crippen LogP contribution >= 0.6 is 11.6 Å². The normalized spacial score (nSPS) is 14.5. The molecule has 0 atom stereocenters. The zero-order valence-corrected chi connectivity index (χ0v) is 18.6. The predicted octanol–water partition coefficient (Wildman–Crippen LogP) is 6.71. The molecule has 160 valence electrons. The molecule has 0 amide bonds. The monoisotopic (exact) mass is 401 g/mol. The molecule has 0 aromatic carbocycles. The van der Waals surface area contributed by atoms with Gasteiger partial charge in [0.15, 0.2) is 0 Å². The molecular formula is C23H44ClNO2. The summed E-state index contributed by atoms with van der Waals surface area (Å²) in [4.78, 5) is 14.3. The minimum absolute atomic E-state index is 0.00817. The summed E-state index contributed by atoms with van der Waals surface area (Å²) < 4.78 is 5.37. The molecule has 27 heavy (non-hydrogen) atoms. The number of hydrogen-bond donors (Lipinski definition) is 0. The summed E-state index contributed by atoms with van der Waals surface area (Å²) in [5.41, 5.74) is 0. The van der Waals surface area contributed by atoms with Crippen molar-refractivity contribution in [1.82, 2.24) is 4.90 Å². The van der Waals surface area contributed by atoms with Crippen molar-refractivity contribution in [2.45, 2.75) is 116 Å². The van der Waals surface area contributed by atoms with Gasteiger partial charge >= 0.3 is 5.97 Å². The van der Waals surface area contributed by atoms with Crippen molar-refractivity contribution >= 4 is 17.6 Å². The van der Waals surface area contributed by atoms with Gasteiger partial charge in [-0.3, -0.25) is 9.69 Å². The van der Waals surface area contributed by atoms with Crippen molar-refractivity contribution in [2.24, 2.45) is 0 Å². The number of halogens is 1. The van der Waals surface area contributed by atoms with E-state index in [4.69, 9.17) is 16.3 Å². The van der Waals surface area contributed by atoms with Crippen LogP contribution in [0.5, 0.6) is 0 Å². The fraction of sp³-hybridized carbons (Fsp3) is 0.957. The summed E-state index contributed by atoms with van der Waals surface area (Å²) in [5, 5.41) is 0. The van der Waals surface area contributed by atoms with Crippen molar-refractivity contribution in [2.75, 3.05) is 25.6 Å². The first-order valence-electron chi connectivity index (χ1n) is 11.7. The van der Waals surface area contributed by atoms with Gasteiger partial charge in [0.2, 0.25) is 0 Å². The average Bonchev–Trinajstić information content (AvgIpc) is 2.61. The van der Waals surface area contributed by atoms with Crippen LogP contribution in [-0.2, 0) is 9.53 Å². The molecule has 0 spiro atoms. The molecule has 4 heteroatoms. The Balaban J connectivity index is 1.84. The molecule has 0 aliphatic heterocycles. The number of esters is 1. The maximum absolute atomic E-state index is 11.8. The molecule has 1 fully saturated rings. The van der Waals surface area contributed by atoms with E-state index in [0.29, 0.717) is 13.0 Å². The largest absolute Gasteiger partial charge is 0.466 e. The standard InChI is InChI=1S/C23H44ClNO2/c1-2-3-4-5-6-7-8-9-13-21-27-23(26)17-11-10-12-19-25(20-18-24)22-15-14-16-22/h22H,2-21H2,1H3. The summed E-state index contributed by atoms with van der Waals surface area (Å²) in [6.07, 6.45) is 19.5. The van der Waals surface area contributed by atoms with E-state index in [-0.39, 0.29) is 5.97 Å². The fourth-order valence-electron chi connectivity index (χ4n) is 3.77. The lowest BCUT2D eigenvalue weighted by Gasteiger charge is -2.37. The Morgan fingerprint density at radius 2 is 1.52 bits per heavy atom. The maximum atomic E-state index is 11.8. The van der Waals surface area contributed by atoms with E-state index in [1.54, 1.807) is 0 Å². The molecule has 0 unspecified atom stereocenters. The van der Waals surface area contributed by atoms with Gasteiger partial charge in [-0.2, -0.15) is 0 Å². The molecule has 1 saturated carbocycles. The van der Waals surface area contributed by atoms with Crippen LogP contribution in [0.2, 0.25) is 0 Å². The Bertz CT molecular complexity index is 347. The topological polar surface area (TPSA) is 29.5 Å². The van der Waals surface area contributed by atoms with E-state index >= 15 is 0 Å².